The van der Waals surface area contributed by atoms with Crippen LogP contribution in [-0.2, 0) is 11.8 Å². The van der Waals surface area contributed by atoms with Gasteiger partial charge in [0.05, 0.1) is 16.7 Å². The topological polar surface area (TPSA) is 17.4 Å². The standard InChI is InChI=1S/C53H46N2O/c1-35-24-31-46-45(32-35)43-30-29-42(34-47(43)53(46,3)4)54(40-20-12-7-13-21-40)49-33-39-19-11-5-8-16-36(2)56-52(39)51-50(49)44-22-14-15-23-48(44)55(51)41-27-25-38(26-28-41)37-17-9-6-10-18-37/h5-18,20-31,33-36H,19,32H2,1-4H3/b11-5-,16-8-. The van der Waals surface area contributed by atoms with Gasteiger partial charge in [0.25, 0.3) is 0 Å². The monoisotopic (exact) mass is 726 g/mol. The summed E-state index contributed by atoms with van der Waals surface area (Å²) >= 11 is 0. The molecule has 2 heterocycles. The third kappa shape index (κ3) is 5.56. The molecule has 2 unspecified atom stereocenters. The number of para-hydroxylation sites is 2. The summed E-state index contributed by atoms with van der Waals surface area (Å²) in [6.07, 6.45) is 15.1. The number of hydrogen-bond donors (Lipinski definition) is 0. The molecule has 10 rings (SSSR count). The van der Waals surface area contributed by atoms with Crippen molar-refractivity contribution in [2.45, 2.75) is 52.1 Å². The van der Waals surface area contributed by atoms with E-state index in [1.54, 1.807) is 0 Å². The van der Waals surface area contributed by atoms with Gasteiger partial charge < -0.3 is 14.2 Å². The van der Waals surface area contributed by atoms with E-state index < -0.39 is 0 Å². The van der Waals surface area contributed by atoms with E-state index in [9.17, 15) is 0 Å². The van der Waals surface area contributed by atoms with Gasteiger partial charge in [0.15, 0.2) is 0 Å². The van der Waals surface area contributed by atoms with Crippen LogP contribution in [-0.4, -0.2) is 10.7 Å². The number of rotatable bonds is 5. The molecule has 2 aliphatic carbocycles. The van der Waals surface area contributed by atoms with E-state index >= 15 is 0 Å². The molecule has 0 saturated carbocycles. The Hall–Kier alpha value is -6.32. The first-order valence-electron chi connectivity index (χ1n) is 20.0. The second-order valence-electron chi connectivity index (χ2n) is 16.2. The maximum atomic E-state index is 7.03. The maximum Gasteiger partial charge on any atom is 0.148 e. The quantitative estimate of drug-likeness (QED) is 0.176. The van der Waals surface area contributed by atoms with Crippen molar-refractivity contribution in [2.75, 3.05) is 4.90 Å². The van der Waals surface area contributed by atoms with Crippen molar-refractivity contribution >= 4 is 44.4 Å². The van der Waals surface area contributed by atoms with Crippen LogP contribution < -0.4 is 9.64 Å². The van der Waals surface area contributed by atoms with E-state index in [2.05, 4.69) is 207 Å². The molecule has 3 nitrogen and oxygen atoms in total. The number of aromatic nitrogens is 1. The van der Waals surface area contributed by atoms with Crippen molar-refractivity contribution in [3.63, 3.8) is 0 Å². The van der Waals surface area contributed by atoms with E-state index in [-0.39, 0.29) is 11.5 Å². The van der Waals surface area contributed by atoms with E-state index in [0.717, 1.165) is 57.9 Å². The maximum absolute atomic E-state index is 7.03. The van der Waals surface area contributed by atoms with Crippen LogP contribution in [0.4, 0.5) is 17.1 Å². The lowest BCUT2D eigenvalue weighted by atomic mass is 9.79. The summed E-state index contributed by atoms with van der Waals surface area (Å²) in [5.41, 5.74) is 16.0. The van der Waals surface area contributed by atoms with Crippen LogP contribution in [0.25, 0.3) is 44.2 Å². The number of nitrogens with zero attached hydrogens (tertiary/aromatic N) is 2. The zero-order valence-corrected chi connectivity index (χ0v) is 32.5. The average Bonchev–Trinajstić information content (AvgIpc) is 3.71. The predicted molar refractivity (Wildman–Crippen MR) is 236 cm³/mol. The fourth-order valence-corrected chi connectivity index (χ4v) is 9.35. The third-order valence-corrected chi connectivity index (χ3v) is 12.1. The molecule has 0 fully saturated rings. The average molecular weight is 727 g/mol. The molecule has 6 aromatic carbocycles. The number of benzene rings is 6. The fraction of sp³-hybridized carbons (Fsp3) is 0.170. The van der Waals surface area contributed by atoms with E-state index in [0.29, 0.717) is 5.92 Å². The summed E-state index contributed by atoms with van der Waals surface area (Å²) in [6.45, 7) is 9.25. The van der Waals surface area contributed by atoms with Crippen LogP contribution in [0.3, 0.4) is 0 Å². The molecule has 0 radical (unpaired) electrons. The molecule has 7 aromatic rings. The summed E-state index contributed by atoms with van der Waals surface area (Å²) < 4.78 is 9.46. The number of fused-ring (bicyclic) bond motifs is 7. The van der Waals surface area contributed by atoms with E-state index in [1.165, 1.54) is 44.2 Å². The molecule has 0 saturated heterocycles. The highest BCUT2D eigenvalue weighted by atomic mass is 16.5. The zero-order valence-electron chi connectivity index (χ0n) is 32.5. The number of hydrogen-bond acceptors (Lipinski definition) is 2. The molecule has 0 bridgehead atoms. The Bertz CT molecular complexity index is 2760. The van der Waals surface area contributed by atoms with Crippen LogP contribution in [0.15, 0.2) is 175 Å². The molecular weight excluding hydrogens is 681 g/mol. The predicted octanol–water partition coefficient (Wildman–Crippen LogP) is 14.0. The largest absolute Gasteiger partial charge is 0.484 e. The van der Waals surface area contributed by atoms with Gasteiger partial charge in [-0.1, -0.05) is 136 Å². The lowest BCUT2D eigenvalue weighted by Crippen LogP contribution is -2.18. The highest BCUT2D eigenvalue weighted by molar-refractivity contribution is 6.19. The van der Waals surface area contributed by atoms with Gasteiger partial charge in [-0.15, -0.1) is 0 Å². The van der Waals surface area contributed by atoms with E-state index in [4.69, 9.17) is 4.74 Å². The molecule has 3 heteroatoms. The SMILES string of the molecule is CC1C=CC2=C(C1)c1ccc(N(c3ccccc3)c3cc4c(c5c3c3ccccc3n5-c3ccc(-c5ccccc5)cc3)OC(C)/C=C\C=C/C4)cc1C2(C)C. The van der Waals surface area contributed by atoms with Gasteiger partial charge in [0, 0.05) is 38.8 Å². The van der Waals surface area contributed by atoms with Crippen molar-refractivity contribution in [1.82, 2.24) is 4.57 Å². The molecule has 0 amide bonds. The van der Waals surface area contributed by atoms with E-state index in [1.807, 2.05) is 0 Å². The normalized spacial score (nSPS) is 19.4. The molecule has 274 valence electrons. The Morgan fingerprint density at radius 2 is 1.45 bits per heavy atom. The highest BCUT2D eigenvalue weighted by Crippen LogP contribution is 2.54. The number of anilines is 3. The first kappa shape index (κ1) is 34.2. The van der Waals surface area contributed by atoms with Crippen molar-refractivity contribution in [3.8, 4) is 22.6 Å². The van der Waals surface area contributed by atoms with Gasteiger partial charge in [0.1, 0.15) is 11.9 Å². The summed E-state index contributed by atoms with van der Waals surface area (Å²) in [4.78, 5) is 2.49. The molecule has 0 spiro atoms. The van der Waals surface area contributed by atoms with Crippen LogP contribution >= 0.6 is 0 Å². The highest BCUT2D eigenvalue weighted by Gasteiger charge is 2.39. The summed E-state index contributed by atoms with van der Waals surface area (Å²) in [5, 5.41) is 2.36. The lowest BCUT2D eigenvalue weighted by molar-refractivity contribution is 0.270. The molecule has 56 heavy (non-hydrogen) atoms. The Morgan fingerprint density at radius 1 is 0.714 bits per heavy atom. The van der Waals surface area contributed by atoms with Crippen LogP contribution in [0.2, 0.25) is 0 Å². The van der Waals surface area contributed by atoms with Gasteiger partial charge >= 0.3 is 0 Å². The third-order valence-electron chi connectivity index (χ3n) is 12.1. The summed E-state index contributed by atoms with van der Waals surface area (Å²) in [5.74, 6) is 1.47. The van der Waals surface area contributed by atoms with Crippen LogP contribution in [0.5, 0.6) is 5.75 Å². The number of allylic oxidation sites excluding steroid dienone is 7. The number of ether oxygens (including phenoxy) is 1. The Kier molecular flexibility index (Phi) is 8.22. The van der Waals surface area contributed by atoms with Crippen molar-refractivity contribution in [1.29, 1.82) is 0 Å². The molecule has 2 atom stereocenters. The minimum Gasteiger partial charge on any atom is -0.484 e. The first-order chi connectivity index (χ1) is 27.4. The van der Waals surface area contributed by atoms with Crippen molar-refractivity contribution < 1.29 is 4.74 Å². The minimum atomic E-state index is -0.114. The molecule has 1 aromatic heterocycles. The van der Waals surface area contributed by atoms with Gasteiger partial charge in [-0.05, 0) is 114 Å². The second-order valence-corrected chi connectivity index (χ2v) is 16.2. The molecular formula is C53H46N2O. The Morgan fingerprint density at radius 3 is 2.25 bits per heavy atom. The van der Waals surface area contributed by atoms with Gasteiger partial charge in [-0.2, -0.15) is 0 Å². The Labute approximate surface area is 330 Å². The first-order valence-corrected chi connectivity index (χ1v) is 20.0. The fourth-order valence-electron chi connectivity index (χ4n) is 9.35. The summed E-state index contributed by atoms with van der Waals surface area (Å²) in [6, 6.07) is 49.0. The lowest BCUT2D eigenvalue weighted by Gasteiger charge is -2.30. The van der Waals surface area contributed by atoms with Crippen molar-refractivity contribution in [3.05, 3.63) is 192 Å². The van der Waals surface area contributed by atoms with Gasteiger partial charge in [-0.25, -0.2) is 0 Å². The Balaban J connectivity index is 1.26. The smallest absolute Gasteiger partial charge is 0.148 e. The minimum absolute atomic E-state index is 0.0943. The molecule has 0 N–H and O–H groups in total. The second kappa shape index (κ2) is 13.5. The molecule has 3 aliphatic rings. The van der Waals surface area contributed by atoms with Crippen LogP contribution in [0, 0.1) is 5.92 Å². The van der Waals surface area contributed by atoms with Gasteiger partial charge in [-0.3, -0.25) is 0 Å². The zero-order chi connectivity index (χ0) is 38.0. The van der Waals surface area contributed by atoms with Crippen LogP contribution in [0.1, 0.15) is 50.8 Å². The van der Waals surface area contributed by atoms with Crippen molar-refractivity contribution in [2.24, 2.45) is 5.92 Å². The van der Waals surface area contributed by atoms with Gasteiger partial charge in [0.2, 0.25) is 0 Å². The summed E-state index contributed by atoms with van der Waals surface area (Å²) in [7, 11) is 0. The molecule has 1 aliphatic heterocycles.